The van der Waals surface area contributed by atoms with Crippen molar-refractivity contribution in [3.8, 4) is 0 Å². The van der Waals surface area contributed by atoms with Crippen LogP contribution in [0.5, 0.6) is 0 Å². The third-order valence-corrected chi connectivity index (χ3v) is 2.22. The molecule has 0 saturated carbocycles. The van der Waals surface area contributed by atoms with Crippen LogP contribution in [0.2, 0.25) is 0 Å². The second kappa shape index (κ2) is 9.01. The minimum Gasteiger partial charge on any atom is -0.385 e. The fraction of sp³-hybridized carbons (Fsp3) is 1.00. The monoisotopic (exact) mass is 173 g/mol. The molecule has 0 atom stereocenters. The summed E-state index contributed by atoms with van der Waals surface area (Å²) in [5.74, 6) is 0. The Morgan fingerprint density at radius 3 is 2.17 bits per heavy atom. The Hall–Kier alpha value is -0.0800. The molecular weight excluding hydrogens is 150 g/mol. The highest BCUT2D eigenvalue weighted by Gasteiger charge is 1.97. The highest BCUT2D eigenvalue weighted by atomic mass is 16.5. The van der Waals surface area contributed by atoms with Crippen molar-refractivity contribution >= 4 is 0 Å². The number of unbranched alkanes of at least 4 members (excludes halogenated alkanes) is 2. The lowest BCUT2D eigenvalue weighted by atomic mass is 10.2. The summed E-state index contributed by atoms with van der Waals surface area (Å²) in [5.41, 5.74) is 0. The second-order valence-corrected chi connectivity index (χ2v) is 3.08. The Balaban J connectivity index is 3.06. The molecular formula is C10H23NO. The van der Waals surface area contributed by atoms with Gasteiger partial charge < -0.3 is 9.64 Å². The van der Waals surface area contributed by atoms with E-state index >= 15 is 0 Å². The summed E-state index contributed by atoms with van der Waals surface area (Å²) in [6.07, 6.45) is 3.81. The van der Waals surface area contributed by atoms with Gasteiger partial charge in [-0.25, -0.2) is 0 Å². The fourth-order valence-corrected chi connectivity index (χ4v) is 1.30. The van der Waals surface area contributed by atoms with E-state index in [1.807, 2.05) is 0 Å². The van der Waals surface area contributed by atoms with Crippen LogP contribution in [0.15, 0.2) is 0 Å². The van der Waals surface area contributed by atoms with Crippen molar-refractivity contribution in [1.29, 1.82) is 0 Å². The Labute approximate surface area is 76.9 Å². The number of hydrogen-bond donors (Lipinski definition) is 0. The fourth-order valence-electron chi connectivity index (χ4n) is 1.30. The maximum absolute atomic E-state index is 4.99. The van der Waals surface area contributed by atoms with Gasteiger partial charge in [-0.3, -0.25) is 0 Å². The van der Waals surface area contributed by atoms with Gasteiger partial charge in [0.2, 0.25) is 0 Å². The van der Waals surface area contributed by atoms with Crippen LogP contribution in [-0.2, 0) is 4.74 Å². The highest BCUT2D eigenvalue weighted by molar-refractivity contribution is 4.52. The van der Waals surface area contributed by atoms with E-state index in [0.29, 0.717) is 0 Å². The van der Waals surface area contributed by atoms with Gasteiger partial charge in [0.05, 0.1) is 0 Å². The number of rotatable bonds is 8. The van der Waals surface area contributed by atoms with Crippen LogP contribution >= 0.6 is 0 Å². The molecule has 74 valence electrons. The molecule has 0 spiro atoms. The molecule has 0 aromatic rings. The first-order valence-electron chi connectivity index (χ1n) is 5.06. The molecule has 2 nitrogen and oxygen atoms in total. The Bertz CT molecular complexity index is 81.9. The van der Waals surface area contributed by atoms with Crippen molar-refractivity contribution in [3.63, 3.8) is 0 Å². The van der Waals surface area contributed by atoms with E-state index in [-0.39, 0.29) is 0 Å². The minimum absolute atomic E-state index is 0.915. The van der Waals surface area contributed by atoms with Gasteiger partial charge in [-0.15, -0.1) is 0 Å². The van der Waals surface area contributed by atoms with E-state index in [4.69, 9.17) is 4.74 Å². The Morgan fingerprint density at radius 1 is 1.00 bits per heavy atom. The van der Waals surface area contributed by atoms with Gasteiger partial charge in [-0.2, -0.15) is 0 Å². The molecule has 0 N–H and O–H groups in total. The molecule has 0 aromatic carbocycles. The summed E-state index contributed by atoms with van der Waals surface area (Å²) in [5, 5.41) is 0. The molecule has 0 heterocycles. The zero-order valence-corrected chi connectivity index (χ0v) is 8.81. The number of nitrogens with zero attached hydrogens (tertiary/aromatic N) is 1. The van der Waals surface area contributed by atoms with Gasteiger partial charge in [0.25, 0.3) is 0 Å². The Kier molecular flexibility index (Phi) is 8.95. The Morgan fingerprint density at radius 2 is 1.67 bits per heavy atom. The normalized spacial score (nSPS) is 11.0. The first kappa shape index (κ1) is 11.9. The summed E-state index contributed by atoms with van der Waals surface area (Å²) in [6.45, 7) is 8.97. The zero-order chi connectivity index (χ0) is 9.23. The quantitative estimate of drug-likeness (QED) is 0.521. The third kappa shape index (κ3) is 6.62. The van der Waals surface area contributed by atoms with Gasteiger partial charge in [0, 0.05) is 13.7 Å². The van der Waals surface area contributed by atoms with E-state index in [1.54, 1.807) is 7.11 Å². The van der Waals surface area contributed by atoms with E-state index < -0.39 is 0 Å². The molecule has 0 radical (unpaired) electrons. The van der Waals surface area contributed by atoms with E-state index in [0.717, 1.165) is 6.61 Å². The summed E-state index contributed by atoms with van der Waals surface area (Å²) in [6, 6.07) is 0. The SMILES string of the molecule is CCN(CC)CCCCCOC. The summed E-state index contributed by atoms with van der Waals surface area (Å²) in [7, 11) is 1.77. The largest absolute Gasteiger partial charge is 0.385 e. The van der Waals surface area contributed by atoms with Crippen molar-refractivity contribution in [2.24, 2.45) is 0 Å². The van der Waals surface area contributed by atoms with Crippen molar-refractivity contribution in [2.75, 3.05) is 33.4 Å². The van der Waals surface area contributed by atoms with Crippen molar-refractivity contribution in [3.05, 3.63) is 0 Å². The van der Waals surface area contributed by atoms with Crippen LogP contribution in [0, 0.1) is 0 Å². The van der Waals surface area contributed by atoms with Crippen molar-refractivity contribution in [2.45, 2.75) is 33.1 Å². The summed E-state index contributed by atoms with van der Waals surface area (Å²) in [4.78, 5) is 2.47. The lowest BCUT2D eigenvalue weighted by Gasteiger charge is -2.17. The molecule has 0 amide bonds. The van der Waals surface area contributed by atoms with Gasteiger partial charge in [0.1, 0.15) is 0 Å². The molecule has 0 saturated heterocycles. The first-order valence-corrected chi connectivity index (χ1v) is 5.06. The minimum atomic E-state index is 0.915. The molecule has 0 fully saturated rings. The molecule has 0 rings (SSSR count). The second-order valence-electron chi connectivity index (χ2n) is 3.08. The van der Waals surface area contributed by atoms with Crippen LogP contribution < -0.4 is 0 Å². The first-order chi connectivity index (χ1) is 5.85. The van der Waals surface area contributed by atoms with E-state index in [9.17, 15) is 0 Å². The standard InChI is InChI=1S/C10H23NO/c1-4-11(5-2)9-7-6-8-10-12-3/h4-10H2,1-3H3. The maximum atomic E-state index is 4.99. The smallest absolute Gasteiger partial charge is 0.0462 e. The molecule has 2 heteroatoms. The average Bonchev–Trinajstić information content (AvgIpc) is 2.11. The molecule has 0 aliphatic carbocycles. The molecule has 0 aromatic heterocycles. The molecule has 0 unspecified atom stereocenters. The van der Waals surface area contributed by atoms with Crippen molar-refractivity contribution in [1.82, 2.24) is 4.90 Å². The van der Waals surface area contributed by atoms with Gasteiger partial charge in [-0.1, -0.05) is 13.8 Å². The van der Waals surface area contributed by atoms with Crippen LogP contribution in [0.25, 0.3) is 0 Å². The topological polar surface area (TPSA) is 12.5 Å². The maximum Gasteiger partial charge on any atom is 0.0462 e. The highest BCUT2D eigenvalue weighted by Crippen LogP contribution is 1.98. The van der Waals surface area contributed by atoms with E-state index in [2.05, 4.69) is 18.7 Å². The van der Waals surface area contributed by atoms with Crippen molar-refractivity contribution < 1.29 is 4.74 Å². The summed E-state index contributed by atoms with van der Waals surface area (Å²) >= 11 is 0. The predicted octanol–water partition coefficient (Wildman–Crippen LogP) is 2.14. The van der Waals surface area contributed by atoms with Gasteiger partial charge in [0.15, 0.2) is 0 Å². The third-order valence-electron chi connectivity index (χ3n) is 2.22. The molecule has 0 aliphatic rings. The average molecular weight is 173 g/mol. The number of ether oxygens (including phenoxy) is 1. The lowest BCUT2D eigenvalue weighted by molar-refractivity contribution is 0.189. The number of methoxy groups -OCH3 is 1. The van der Waals surface area contributed by atoms with Crippen LogP contribution in [0.3, 0.4) is 0 Å². The molecule has 0 aliphatic heterocycles. The summed E-state index contributed by atoms with van der Waals surface area (Å²) < 4.78 is 4.99. The van der Waals surface area contributed by atoms with Crippen LogP contribution in [-0.4, -0.2) is 38.3 Å². The van der Waals surface area contributed by atoms with Gasteiger partial charge >= 0.3 is 0 Å². The van der Waals surface area contributed by atoms with Crippen LogP contribution in [0.4, 0.5) is 0 Å². The lowest BCUT2D eigenvalue weighted by Crippen LogP contribution is -2.23. The number of hydrogen-bond acceptors (Lipinski definition) is 2. The molecule has 0 bridgehead atoms. The van der Waals surface area contributed by atoms with E-state index in [1.165, 1.54) is 38.9 Å². The van der Waals surface area contributed by atoms with Crippen LogP contribution in [0.1, 0.15) is 33.1 Å². The zero-order valence-electron chi connectivity index (χ0n) is 8.81. The van der Waals surface area contributed by atoms with Gasteiger partial charge in [-0.05, 0) is 38.9 Å². The predicted molar refractivity (Wildman–Crippen MR) is 53.5 cm³/mol. The molecule has 12 heavy (non-hydrogen) atoms.